The number of pyridine rings is 1. The Bertz CT molecular complexity index is 520. The van der Waals surface area contributed by atoms with Crippen molar-refractivity contribution in [1.82, 2.24) is 4.98 Å². The third-order valence-corrected chi connectivity index (χ3v) is 3.52. The highest BCUT2D eigenvalue weighted by Gasteiger charge is 2.32. The molecule has 1 unspecified atom stereocenters. The Morgan fingerprint density at radius 1 is 1.16 bits per heavy atom. The third kappa shape index (κ3) is 2.87. The van der Waals surface area contributed by atoms with E-state index in [-0.39, 0.29) is 0 Å². The molecule has 1 fully saturated rings. The normalized spacial score (nSPS) is 15.8. The second-order valence-corrected chi connectivity index (χ2v) is 4.96. The number of hydrogen-bond acceptors (Lipinski definition) is 3. The van der Waals surface area contributed by atoms with Crippen molar-refractivity contribution in [3.05, 3.63) is 54.2 Å². The Morgan fingerprint density at radius 2 is 1.95 bits per heavy atom. The Labute approximate surface area is 113 Å². The molecule has 0 radical (unpaired) electrons. The largest absolute Gasteiger partial charge is 0.481 e. The van der Waals surface area contributed by atoms with Crippen molar-refractivity contribution >= 4 is 5.69 Å². The minimum atomic E-state index is 0.386. The van der Waals surface area contributed by atoms with E-state index in [1.165, 1.54) is 18.4 Å². The summed E-state index contributed by atoms with van der Waals surface area (Å²) in [6, 6.07) is 14.9. The number of benzene rings is 1. The Kier molecular flexibility index (Phi) is 3.36. The van der Waals surface area contributed by atoms with Gasteiger partial charge in [-0.15, -0.1) is 0 Å². The van der Waals surface area contributed by atoms with Gasteiger partial charge >= 0.3 is 0 Å². The summed E-state index contributed by atoms with van der Waals surface area (Å²) in [5, 5.41) is 3.59. The first kappa shape index (κ1) is 12.0. The van der Waals surface area contributed by atoms with Crippen molar-refractivity contribution < 1.29 is 4.74 Å². The van der Waals surface area contributed by atoms with Gasteiger partial charge < -0.3 is 10.1 Å². The van der Waals surface area contributed by atoms with Crippen molar-refractivity contribution in [2.75, 3.05) is 12.4 Å². The predicted octanol–water partition coefficient (Wildman–Crippen LogP) is 3.65. The zero-order valence-electron chi connectivity index (χ0n) is 11.0. The molecular weight excluding hydrogens is 236 g/mol. The fourth-order valence-electron chi connectivity index (χ4n) is 2.33. The van der Waals surface area contributed by atoms with Crippen molar-refractivity contribution in [3.8, 4) is 5.88 Å². The van der Waals surface area contributed by atoms with Gasteiger partial charge in [-0.25, -0.2) is 4.98 Å². The van der Waals surface area contributed by atoms with E-state index < -0.39 is 0 Å². The predicted molar refractivity (Wildman–Crippen MR) is 76.3 cm³/mol. The van der Waals surface area contributed by atoms with E-state index in [2.05, 4.69) is 40.6 Å². The summed E-state index contributed by atoms with van der Waals surface area (Å²) in [6.07, 6.45) is 4.43. The van der Waals surface area contributed by atoms with Gasteiger partial charge in [0.15, 0.2) is 0 Å². The van der Waals surface area contributed by atoms with Gasteiger partial charge in [-0.1, -0.05) is 30.3 Å². The zero-order valence-corrected chi connectivity index (χ0v) is 11.0. The molecule has 1 atom stereocenters. The lowest BCUT2D eigenvalue weighted by Crippen LogP contribution is -2.12. The van der Waals surface area contributed by atoms with E-state index in [9.17, 15) is 0 Å². The monoisotopic (exact) mass is 254 g/mol. The maximum atomic E-state index is 5.08. The minimum absolute atomic E-state index is 0.386. The van der Waals surface area contributed by atoms with Gasteiger partial charge in [-0.2, -0.15) is 0 Å². The molecular formula is C16H18N2O. The lowest BCUT2D eigenvalue weighted by molar-refractivity contribution is 0.398. The lowest BCUT2D eigenvalue weighted by Gasteiger charge is -2.20. The second-order valence-electron chi connectivity index (χ2n) is 4.96. The Hall–Kier alpha value is -2.03. The van der Waals surface area contributed by atoms with Crippen LogP contribution in [0.1, 0.15) is 24.4 Å². The molecule has 0 spiro atoms. The molecule has 3 nitrogen and oxygen atoms in total. The van der Waals surface area contributed by atoms with Crippen molar-refractivity contribution in [2.24, 2.45) is 5.92 Å². The molecule has 0 aliphatic heterocycles. The van der Waals surface area contributed by atoms with Crippen LogP contribution in [0.5, 0.6) is 5.88 Å². The molecule has 1 aromatic heterocycles. The number of nitrogens with zero attached hydrogens (tertiary/aromatic N) is 1. The first-order chi connectivity index (χ1) is 9.36. The molecule has 1 aromatic carbocycles. The van der Waals surface area contributed by atoms with Gasteiger partial charge in [0.25, 0.3) is 0 Å². The van der Waals surface area contributed by atoms with Gasteiger partial charge in [0.05, 0.1) is 25.0 Å². The number of aromatic nitrogens is 1. The van der Waals surface area contributed by atoms with Crippen LogP contribution in [-0.2, 0) is 0 Å². The summed E-state index contributed by atoms with van der Waals surface area (Å²) in [5.74, 6) is 1.39. The number of hydrogen-bond donors (Lipinski definition) is 1. The molecule has 1 N–H and O–H groups in total. The second kappa shape index (κ2) is 5.31. The average Bonchev–Trinajstić information content (AvgIpc) is 3.31. The highest BCUT2D eigenvalue weighted by molar-refractivity contribution is 5.45. The molecule has 1 aliphatic rings. The number of rotatable bonds is 5. The van der Waals surface area contributed by atoms with Crippen LogP contribution in [-0.4, -0.2) is 12.1 Å². The average molecular weight is 254 g/mol. The van der Waals surface area contributed by atoms with Crippen LogP contribution >= 0.6 is 0 Å². The van der Waals surface area contributed by atoms with Crippen LogP contribution < -0.4 is 10.1 Å². The van der Waals surface area contributed by atoms with E-state index in [1.807, 2.05) is 18.3 Å². The Balaban J connectivity index is 1.78. The van der Waals surface area contributed by atoms with E-state index in [4.69, 9.17) is 4.74 Å². The molecule has 2 aromatic rings. The van der Waals surface area contributed by atoms with Crippen LogP contribution in [0, 0.1) is 5.92 Å². The summed E-state index contributed by atoms with van der Waals surface area (Å²) >= 11 is 0. The molecule has 1 heterocycles. The smallest absolute Gasteiger partial charge is 0.213 e. The molecule has 0 saturated heterocycles. The molecule has 0 amide bonds. The van der Waals surface area contributed by atoms with Crippen LogP contribution in [0.2, 0.25) is 0 Å². The number of methoxy groups -OCH3 is 1. The summed E-state index contributed by atoms with van der Waals surface area (Å²) in [5.41, 5.74) is 2.39. The van der Waals surface area contributed by atoms with E-state index in [1.54, 1.807) is 7.11 Å². The van der Waals surface area contributed by atoms with Gasteiger partial charge in [-0.3, -0.25) is 0 Å². The van der Waals surface area contributed by atoms with Gasteiger partial charge in [-0.05, 0) is 30.4 Å². The zero-order chi connectivity index (χ0) is 13.1. The topological polar surface area (TPSA) is 34.1 Å². The Morgan fingerprint density at radius 3 is 2.53 bits per heavy atom. The number of nitrogens with one attached hydrogen (secondary N) is 1. The van der Waals surface area contributed by atoms with E-state index in [0.717, 1.165) is 11.6 Å². The first-order valence-electron chi connectivity index (χ1n) is 6.68. The fourth-order valence-corrected chi connectivity index (χ4v) is 2.33. The quantitative estimate of drug-likeness (QED) is 0.884. The van der Waals surface area contributed by atoms with Gasteiger partial charge in [0, 0.05) is 6.07 Å². The van der Waals surface area contributed by atoms with Gasteiger partial charge in [0.2, 0.25) is 5.88 Å². The summed E-state index contributed by atoms with van der Waals surface area (Å²) in [6.45, 7) is 0. The third-order valence-electron chi connectivity index (χ3n) is 3.52. The number of ether oxygens (including phenoxy) is 1. The summed E-state index contributed by atoms with van der Waals surface area (Å²) in [4.78, 5) is 4.24. The van der Waals surface area contributed by atoms with Gasteiger partial charge in [0.1, 0.15) is 0 Å². The fraction of sp³-hybridized carbons (Fsp3) is 0.312. The van der Waals surface area contributed by atoms with E-state index in [0.29, 0.717) is 11.9 Å². The molecule has 3 heteroatoms. The molecule has 1 saturated carbocycles. The molecule has 19 heavy (non-hydrogen) atoms. The van der Waals surface area contributed by atoms with Crippen LogP contribution in [0.25, 0.3) is 0 Å². The SMILES string of the molecule is COc1ccc(NC(c2ccccc2)C2CC2)cn1. The van der Waals surface area contributed by atoms with Crippen LogP contribution in [0.15, 0.2) is 48.7 Å². The highest BCUT2D eigenvalue weighted by Crippen LogP contribution is 2.42. The molecule has 3 rings (SSSR count). The number of anilines is 1. The maximum Gasteiger partial charge on any atom is 0.213 e. The van der Waals surface area contributed by atoms with Crippen LogP contribution in [0.3, 0.4) is 0 Å². The molecule has 0 bridgehead atoms. The maximum absolute atomic E-state index is 5.08. The first-order valence-corrected chi connectivity index (χ1v) is 6.68. The van der Waals surface area contributed by atoms with Crippen molar-refractivity contribution in [2.45, 2.75) is 18.9 Å². The van der Waals surface area contributed by atoms with Crippen molar-refractivity contribution in [3.63, 3.8) is 0 Å². The van der Waals surface area contributed by atoms with Crippen LogP contribution in [0.4, 0.5) is 5.69 Å². The summed E-state index contributed by atoms with van der Waals surface area (Å²) < 4.78 is 5.08. The lowest BCUT2D eigenvalue weighted by atomic mass is 10.0. The van der Waals surface area contributed by atoms with Crippen molar-refractivity contribution in [1.29, 1.82) is 0 Å². The van der Waals surface area contributed by atoms with E-state index >= 15 is 0 Å². The molecule has 1 aliphatic carbocycles. The minimum Gasteiger partial charge on any atom is -0.481 e. The summed E-state index contributed by atoms with van der Waals surface area (Å²) in [7, 11) is 1.63. The standard InChI is InChI=1S/C16H18N2O/c1-19-15-10-9-14(11-17-15)18-16(13-7-8-13)12-5-3-2-4-6-12/h2-6,9-11,13,16,18H,7-8H2,1H3. The highest BCUT2D eigenvalue weighted by atomic mass is 16.5. The molecule has 98 valence electrons.